The maximum atomic E-state index is 11.9. The van der Waals surface area contributed by atoms with Gasteiger partial charge in [-0.3, -0.25) is 4.79 Å². The van der Waals surface area contributed by atoms with Crippen LogP contribution in [0, 0.1) is 22.7 Å². The number of hydrogen-bond acceptors (Lipinski definition) is 5. The molecule has 0 aliphatic heterocycles. The zero-order valence-electron chi connectivity index (χ0n) is 8.72. The zero-order chi connectivity index (χ0) is 12.8. The lowest BCUT2D eigenvalue weighted by molar-refractivity contribution is 0.0794. The largest absolute Gasteiger partial charge is 0.384 e. The van der Waals surface area contributed by atoms with Crippen LogP contribution in [-0.2, 0) is 0 Å². The van der Waals surface area contributed by atoms with Gasteiger partial charge in [0.05, 0.1) is 12.1 Å². The van der Waals surface area contributed by atoms with Crippen molar-refractivity contribution in [3.05, 3.63) is 22.8 Å². The van der Waals surface area contributed by atoms with E-state index in [0.29, 0.717) is 0 Å². The average molecular weight is 250 g/mol. The lowest BCUT2D eigenvalue weighted by Crippen LogP contribution is -2.31. The molecule has 0 atom stereocenters. The number of amides is 1. The molecule has 0 spiro atoms. The van der Waals surface area contributed by atoms with E-state index >= 15 is 0 Å². The fraction of sp³-hybridized carbons (Fsp3) is 0.200. The third-order valence-corrected chi connectivity index (χ3v) is 2.06. The van der Waals surface area contributed by atoms with Crippen molar-refractivity contribution in [3.63, 3.8) is 0 Å². The van der Waals surface area contributed by atoms with Gasteiger partial charge in [0.1, 0.15) is 24.1 Å². The minimum atomic E-state index is -0.482. The maximum Gasteiger partial charge on any atom is 0.255 e. The summed E-state index contributed by atoms with van der Waals surface area (Å²) in [5.41, 5.74) is 5.65. The van der Waals surface area contributed by atoms with Crippen LogP contribution < -0.4 is 5.73 Å². The van der Waals surface area contributed by atoms with E-state index in [-0.39, 0.29) is 29.6 Å². The monoisotopic (exact) mass is 249 g/mol. The quantitative estimate of drug-likeness (QED) is 0.630. The van der Waals surface area contributed by atoms with E-state index in [2.05, 4.69) is 4.98 Å². The highest BCUT2D eigenvalue weighted by Crippen LogP contribution is 2.14. The molecule has 0 unspecified atom stereocenters. The van der Waals surface area contributed by atoms with Gasteiger partial charge in [-0.1, -0.05) is 11.6 Å². The summed E-state index contributed by atoms with van der Waals surface area (Å²) in [6.07, 6.45) is 0. The fourth-order valence-corrected chi connectivity index (χ4v) is 1.41. The summed E-state index contributed by atoms with van der Waals surface area (Å²) in [5, 5.41) is 17.2. The van der Waals surface area contributed by atoms with Crippen LogP contribution in [0.15, 0.2) is 12.1 Å². The van der Waals surface area contributed by atoms with Gasteiger partial charge < -0.3 is 10.6 Å². The second-order valence-corrected chi connectivity index (χ2v) is 3.47. The van der Waals surface area contributed by atoms with Crippen molar-refractivity contribution in [2.24, 2.45) is 0 Å². The maximum absolute atomic E-state index is 11.9. The smallest absolute Gasteiger partial charge is 0.255 e. The van der Waals surface area contributed by atoms with Gasteiger partial charge in [0, 0.05) is 5.56 Å². The second kappa shape index (κ2) is 5.69. The Morgan fingerprint density at radius 2 is 2.00 bits per heavy atom. The first kappa shape index (κ1) is 12.8. The molecule has 1 amide bonds. The number of carbonyl (C=O) groups is 1. The summed E-state index contributed by atoms with van der Waals surface area (Å²) in [4.78, 5) is 16.7. The molecule has 0 aliphatic carbocycles. The van der Waals surface area contributed by atoms with E-state index in [1.54, 1.807) is 12.1 Å². The average Bonchev–Trinajstić information content (AvgIpc) is 2.26. The summed E-state index contributed by atoms with van der Waals surface area (Å²) in [5.74, 6) is -0.376. The van der Waals surface area contributed by atoms with Gasteiger partial charge in [-0.15, -0.1) is 0 Å². The Morgan fingerprint density at radius 1 is 1.41 bits per heavy atom. The first-order chi connectivity index (χ1) is 8.08. The minimum absolute atomic E-state index is 0.0854. The molecule has 1 aromatic heterocycles. The van der Waals surface area contributed by atoms with Gasteiger partial charge in [0.15, 0.2) is 0 Å². The molecule has 0 saturated heterocycles. The molecule has 1 aromatic rings. The van der Waals surface area contributed by atoms with Crippen LogP contribution in [0.2, 0.25) is 5.15 Å². The second-order valence-electron chi connectivity index (χ2n) is 3.08. The SMILES string of the molecule is N#CCN(CC#N)C(=O)c1cc(N)nc(Cl)c1. The number of pyridine rings is 1. The fourth-order valence-electron chi connectivity index (χ4n) is 1.19. The van der Waals surface area contributed by atoms with E-state index in [0.717, 1.165) is 4.90 Å². The molecule has 2 N–H and O–H groups in total. The number of rotatable bonds is 3. The van der Waals surface area contributed by atoms with Crippen molar-refractivity contribution in [2.45, 2.75) is 0 Å². The van der Waals surface area contributed by atoms with E-state index < -0.39 is 5.91 Å². The zero-order valence-corrected chi connectivity index (χ0v) is 9.48. The van der Waals surface area contributed by atoms with E-state index in [9.17, 15) is 4.79 Å². The van der Waals surface area contributed by atoms with Gasteiger partial charge in [-0.25, -0.2) is 4.98 Å². The minimum Gasteiger partial charge on any atom is -0.384 e. The van der Waals surface area contributed by atoms with Gasteiger partial charge in [-0.05, 0) is 12.1 Å². The van der Waals surface area contributed by atoms with Crippen molar-refractivity contribution < 1.29 is 4.79 Å². The Kier molecular flexibility index (Phi) is 4.27. The molecule has 0 radical (unpaired) electrons. The molecule has 0 bridgehead atoms. The molecule has 0 fully saturated rings. The Balaban J connectivity index is 3.02. The number of nitrogen functional groups attached to an aromatic ring is 1. The number of carbonyl (C=O) groups excluding carboxylic acids is 1. The molecular weight excluding hydrogens is 242 g/mol. The standard InChI is InChI=1S/C10H8ClN5O/c11-8-5-7(6-9(14)15-8)10(17)16(3-1-12)4-2-13/h5-6H,3-4H2,(H2,14,15). The predicted molar refractivity (Wildman–Crippen MR) is 60.8 cm³/mol. The van der Waals surface area contributed by atoms with Crippen molar-refractivity contribution in [2.75, 3.05) is 18.8 Å². The summed E-state index contributed by atoms with van der Waals surface area (Å²) in [6.45, 7) is -0.349. The molecule has 1 heterocycles. The topological polar surface area (TPSA) is 107 Å². The highest BCUT2D eigenvalue weighted by Gasteiger charge is 2.16. The van der Waals surface area contributed by atoms with E-state index in [1.807, 2.05) is 0 Å². The molecule has 0 aromatic carbocycles. The Bertz CT molecular complexity index is 480. The molecule has 17 heavy (non-hydrogen) atoms. The van der Waals surface area contributed by atoms with Gasteiger partial charge in [0.25, 0.3) is 5.91 Å². The summed E-state index contributed by atoms with van der Waals surface area (Å²) in [7, 11) is 0. The first-order valence-electron chi connectivity index (χ1n) is 4.54. The lowest BCUT2D eigenvalue weighted by Gasteiger charge is -2.15. The van der Waals surface area contributed by atoms with Crippen LogP contribution in [0.4, 0.5) is 5.82 Å². The molecule has 0 saturated carbocycles. The first-order valence-corrected chi connectivity index (χ1v) is 4.92. The third kappa shape index (κ3) is 3.33. The molecule has 6 nitrogen and oxygen atoms in total. The van der Waals surface area contributed by atoms with Crippen molar-refractivity contribution in [1.29, 1.82) is 10.5 Å². The lowest BCUT2D eigenvalue weighted by atomic mass is 10.2. The Labute approximate surface area is 103 Å². The number of hydrogen-bond donors (Lipinski definition) is 1. The summed E-state index contributed by atoms with van der Waals surface area (Å²) in [6, 6.07) is 6.29. The molecule has 1 rings (SSSR count). The highest BCUT2D eigenvalue weighted by atomic mass is 35.5. The number of halogens is 1. The van der Waals surface area contributed by atoms with Crippen molar-refractivity contribution in [3.8, 4) is 12.1 Å². The molecule has 7 heteroatoms. The molecular formula is C10H8ClN5O. The molecule has 0 aliphatic rings. The number of nitrogens with zero attached hydrogens (tertiary/aromatic N) is 4. The summed E-state index contributed by atoms with van der Waals surface area (Å²) >= 11 is 5.66. The third-order valence-electron chi connectivity index (χ3n) is 1.87. The van der Waals surface area contributed by atoms with Crippen LogP contribution in [0.25, 0.3) is 0 Å². The number of anilines is 1. The highest BCUT2D eigenvalue weighted by molar-refractivity contribution is 6.29. The van der Waals surface area contributed by atoms with Crippen molar-refractivity contribution in [1.82, 2.24) is 9.88 Å². The van der Waals surface area contributed by atoms with Gasteiger partial charge in [0.2, 0.25) is 0 Å². The number of nitrogens with two attached hydrogens (primary N) is 1. The van der Waals surface area contributed by atoms with Gasteiger partial charge in [-0.2, -0.15) is 10.5 Å². The normalized spacial score (nSPS) is 9.12. The summed E-state index contributed by atoms with van der Waals surface area (Å²) < 4.78 is 0. The number of aromatic nitrogens is 1. The van der Waals surface area contributed by atoms with Crippen LogP contribution in [0.3, 0.4) is 0 Å². The Hall–Kier alpha value is -2.31. The molecule has 86 valence electrons. The van der Waals surface area contributed by atoms with Gasteiger partial charge >= 0.3 is 0 Å². The van der Waals surface area contributed by atoms with Crippen LogP contribution in [0.1, 0.15) is 10.4 Å². The van der Waals surface area contributed by atoms with E-state index in [4.69, 9.17) is 27.9 Å². The van der Waals surface area contributed by atoms with Crippen LogP contribution in [0.5, 0.6) is 0 Å². The van der Waals surface area contributed by atoms with Crippen LogP contribution in [-0.4, -0.2) is 28.9 Å². The van der Waals surface area contributed by atoms with Crippen molar-refractivity contribution >= 4 is 23.3 Å². The number of nitriles is 2. The van der Waals surface area contributed by atoms with E-state index in [1.165, 1.54) is 12.1 Å². The Morgan fingerprint density at radius 3 is 2.47 bits per heavy atom. The van der Waals surface area contributed by atoms with Crippen LogP contribution >= 0.6 is 11.6 Å². The predicted octanol–water partition coefficient (Wildman–Crippen LogP) is 0.807.